The number of benzene rings is 2. The summed E-state index contributed by atoms with van der Waals surface area (Å²) >= 11 is 0. The Bertz CT molecular complexity index is 1110. The van der Waals surface area contributed by atoms with Gasteiger partial charge in [0.2, 0.25) is 0 Å². The first-order chi connectivity index (χ1) is 15.9. The van der Waals surface area contributed by atoms with Crippen molar-refractivity contribution < 1.29 is 23.8 Å². The molecule has 3 rings (SSSR count). The van der Waals surface area contributed by atoms with Gasteiger partial charge in [0.15, 0.2) is 0 Å². The van der Waals surface area contributed by atoms with Gasteiger partial charge in [0, 0.05) is 30.9 Å². The van der Waals surface area contributed by atoms with Gasteiger partial charge in [-0.1, -0.05) is 25.1 Å². The molecule has 1 unspecified atom stereocenters. The second-order valence-corrected chi connectivity index (χ2v) is 7.51. The van der Waals surface area contributed by atoms with E-state index in [-0.39, 0.29) is 18.4 Å². The van der Waals surface area contributed by atoms with Gasteiger partial charge < -0.3 is 19.1 Å². The number of ether oxygens (including phenoxy) is 3. The van der Waals surface area contributed by atoms with Gasteiger partial charge in [-0.25, -0.2) is 4.68 Å². The largest absolute Gasteiger partial charge is 0.497 e. The predicted octanol–water partition coefficient (Wildman–Crippen LogP) is 3.83. The SMILES string of the molecule is CCN(CC(C)C(=O)OC)C(=O)c1cn(-c2ccccc2)nc1-c1ccc(OC)cc1OC. The van der Waals surface area contributed by atoms with Crippen LogP contribution in [-0.2, 0) is 9.53 Å². The Labute approximate surface area is 193 Å². The lowest BCUT2D eigenvalue weighted by Gasteiger charge is -2.23. The molecule has 2 aromatic carbocycles. The van der Waals surface area contributed by atoms with Crippen LogP contribution in [0, 0.1) is 5.92 Å². The number of carbonyl (C=O) groups is 2. The summed E-state index contributed by atoms with van der Waals surface area (Å²) in [6.07, 6.45) is 1.71. The molecule has 1 aromatic heterocycles. The maximum absolute atomic E-state index is 13.6. The van der Waals surface area contributed by atoms with E-state index < -0.39 is 5.92 Å². The van der Waals surface area contributed by atoms with E-state index >= 15 is 0 Å². The number of esters is 1. The Morgan fingerprint density at radius 3 is 2.39 bits per heavy atom. The summed E-state index contributed by atoms with van der Waals surface area (Å²) < 4.78 is 17.4. The normalized spacial score (nSPS) is 11.5. The minimum atomic E-state index is -0.456. The molecule has 0 aliphatic rings. The van der Waals surface area contributed by atoms with Crippen molar-refractivity contribution in [1.29, 1.82) is 0 Å². The molecular formula is C25H29N3O5. The molecule has 0 aliphatic carbocycles. The monoisotopic (exact) mass is 451 g/mol. The van der Waals surface area contributed by atoms with Gasteiger partial charge in [0.05, 0.1) is 38.5 Å². The summed E-state index contributed by atoms with van der Waals surface area (Å²) in [6, 6.07) is 14.9. The lowest BCUT2D eigenvalue weighted by Crippen LogP contribution is -2.37. The molecular weight excluding hydrogens is 422 g/mol. The van der Waals surface area contributed by atoms with Crippen molar-refractivity contribution in [3.8, 4) is 28.4 Å². The van der Waals surface area contributed by atoms with Crippen LogP contribution in [-0.4, -0.2) is 61.0 Å². The van der Waals surface area contributed by atoms with E-state index in [1.54, 1.807) is 49.1 Å². The summed E-state index contributed by atoms with van der Waals surface area (Å²) in [5.74, 6) is 0.115. The number of hydrogen-bond acceptors (Lipinski definition) is 6. The van der Waals surface area contributed by atoms with E-state index in [4.69, 9.17) is 19.3 Å². The molecule has 174 valence electrons. The van der Waals surface area contributed by atoms with Gasteiger partial charge in [0.25, 0.3) is 5.91 Å². The first kappa shape index (κ1) is 23.8. The molecule has 1 amide bonds. The number of amides is 1. The average Bonchev–Trinajstić information content (AvgIpc) is 3.31. The van der Waals surface area contributed by atoms with Crippen LogP contribution in [0.4, 0.5) is 0 Å². The topological polar surface area (TPSA) is 82.9 Å². The molecule has 0 aliphatic heterocycles. The number of para-hydroxylation sites is 1. The first-order valence-electron chi connectivity index (χ1n) is 10.7. The molecule has 8 nitrogen and oxygen atoms in total. The van der Waals surface area contributed by atoms with Crippen LogP contribution >= 0.6 is 0 Å². The second-order valence-electron chi connectivity index (χ2n) is 7.51. The lowest BCUT2D eigenvalue weighted by atomic mass is 10.0. The molecule has 1 atom stereocenters. The van der Waals surface area contributed by atoms with E-state index in [0.29, 0.717) is 34.9 Å². The minimum absolute atomic E-state index is 0.233. The van der Waals surface area contributed by atoms with Gasteiger partial charge in [-0.2, -0.15) is 5.10 Å². The highest BCUT2D eigenvalue weighted by Gasteiger charge is 2.27. The Morgan fingerprint density at radius 1 is 1.06 bits per heavy atom. The van der Waals surface area contributed by atoms with Crippen molar-refractivity contribution in [3.05, 3.63) is 60.3 Å². The van der Waals surface area contributed by atoms with Crippen LogP contribution in [0.1, 0.15) is 24.2 Å². The van der Waals surface area contributed by atoms with Crippen molar-refractivity contribution in [2.45, 2.75) is 13.8 Å². The number of hydrogen-bond donors (Lipinski definition) is 0. The second kappa shape index (κ2) is 10.7. The Balaban J connectivity index is 2.11. The summed E-state index contributed by atoms with van der Waals surface area (Å²) in [5.41, 5.74) is 2.36. The van der Waals surface area contributed by atoms with E-state index in [1.165, 1.54) is 7.11 Å². The zero-order valence-electron chi connectivity index (χ0n) is 19.6. The van der Waals surface area contributed by atoms with Crippen molar-refractivity contribution >= 4 is 11.9 Å². The van der Waals surface area contributed by atoms with Gasteiger partial charge in [-0.3, -0.25) is 9.59 Å². The Hall–Kier alpha value is -3.81. The molecule has 0 saturated heterocycles. The van der Waals surface area contributed by atoms with Gasteiger partial charge >= 0.3 is 5.97 Å². The molecule has 3 aromatic rings. The fourth-order valence-corrected chi connectivity index (χ4v) is 3.57. The van der Waals surface area contributed by atoms with Crippen molar-refractivity contribution in [2.75, 3.05) is 34.4 Å². The zero-order valence-corrected chi connectivity index (χ0v) is 19.6. The maximum atomic E-state index is 13.6. The number of aromatic nitrogens is 2. The molecule has 0 bridgehead atoms. The van der Waals surface area contributed by atoms with Crippen LogP contribution in [0.25, 0.3) is 16.9 Å². The zero-order chi connectivity index (χ0) is 24.0. The first-order valence-corrected chi connectivity index (χ1v) is 10.7. The van der Waals surface area contributed by atoms with E-state index in [2.05, 4.69) is 0 Å². The number of rotatable bonds is 9. The summed E-state index contributed by atoms with van der Waals surface area (Å²) in [7, 11) is 4.48. The maximum Gasteiger partial charge on any atom is 0.310 e. The van der Waals surface area contributed by atoms with Crippen LogP contribution in [0.15, 0.2) is 54.7 Å². The van der Waals surface area contributed by atoms with E-state index in [1.807, 2.05) is 43.3 Å². The summed E-state index contributed by atoms with van der Waals surface area (Å²) in [5, 5.41) is 4.74. The predicted molar refractivity (Wildman–Crippen MR) is 125 cm³/mol. The highest BCUT2D eigenvalue weighted by molar-refractivity contribution is 6.00. The van der Waals surface area contributed by atoms with E-state index in [9.17, 15) is 9.59 Å². The molecule has 1 heterocycles. The number of carbonyl (C=O) groups excluding carboxylic acids is 2. The van der Waals surface area contributed by atoms with Crippen LogP contribution in [0.5, 0.6) is 11.5 Å². The quantitative estimate of drug-likeness (QED) is 0.460. The molecule has 0 radical (unpaired) electrons. The van der Waals surface area contributed by atoms with Crippen LogP contribution in [0.3, 0.4) is 0 Å². The van der Waals surface area contributed by atoms with Crippen molar-refractivity contribution in [1.82, 2.24) is 14.7 Å². The third-order valence-corrected chi connectivity index (χ3v) is 5.40. The summed E-state index contributed by atoms with van der Waals surface area (Å²) in [6.45, 7) is 4.27. The van der Waals surface area contributed by atoms with E-state index in [0.717, 1.165) is 5.69 Å². The molecule has 0 fully saturated rings. The Morgan fingerprint density at radius 2 is 1.79 bits per heavy atom. The lowest BCUT2D eigenvalue weighted by molar-refractivity contribution is -0.145. The van der Waals surface area contributed by atoms with Gasteiger partial charge in [-0.15, -0.1) is 0 Å². The molecule has 0 spiro atoms. The fourth-order valence-electron chi connectivity index (χ4n) is 3.57. The van der Waals surface area contributed by atoms with Gasteiger partial charge in [-0.05, 0) is 31.2 Å². The number of methoxy groups -OCH3 is 3. The highest BCUT2D eigenvalue weighted by Crippen LogP contribution is 2.35. The fraction of sp³-hybridized carbons (Fsp3) is 0.320. The van der Waals surface area contributed by atoms with Crippen LogP contribution in [0.2, 0.25) is 0 Å². The smallest absolute Gasteiger partial charge is 0.310 e. The minimum Gasteiger partial charge on any atom is -0.497 e. The molecule has 33 heavy (non-hydrogen) atoms. The van der Waals surface area contributed by atoms with Gasteiger partial charge in [0.1, 0.15) is 17.2 Å². The third kappa shape index (κ3) is 5.16. The van der Waals surface area contributed by atoms with Crippen molar-refractivity contribution in [2.24, 2.45) is 5.92 Å². The van der Waals surface area contributed by atoms with Crippen LogP contribution < -0.4 is 9.47 Å². The molecule has 0 saturated carbocycles. The third-order valence-electron chi connectivity index (χ3n) is 5.40. The number of nitrogens with zero attached hydrogens (tertiary/aromatic N) is 3. The highest BCUT2D eigenvalue weighted by atomic mass is 16.5. The summed E-state index contributed by atoms with van der Waals surface area (Å²) in [4.78, 5) is 27.2. The standard InChI is InChI=1S/C25H29N3O5/c1-6-27(15-17(2)25(30)33-5)24(29)21-16-28(18-10-8-7-9-11-18)26-23(21)20-13-12-19(31-3)14-22(20)32-4/h7-14,16-17H,6,15H2,1-5H3. The Kier molecular flexibility index (Phi) is 7.71. The molecule has 8 heteroatoms. The van der Waals surface area contributed by atoms with Crippen molar-refractivity contribution in [3.63, 3.8) is 0 Å². The average molecular weight is 452 g/mol. The molecule has 0 N–H and O–H groups in total.